The van der Waals surface area contributed by atoms with E-state index in [1.54, 1.807) is 22.6 Å². The summed E-state index contributed by atoms with van der Waals surface area (Å²) in [4.78, 5) is 21.6. The summed E-state index contributed by atoms with van der Waals surface area (Å²) >= 11 is 7.47. The minimum absolute atomic E-state index is 0.0760. The highest BCUT2D eigenvalue weighted by Gasteiger charge is 2.26. The van der Waals surface area contributed by atoms with Crippen molar-refractivity contribution in [1.29, 1.82) is 0 Å². The summed E-state index contributed by atoms with van der Waals surface area (Å²) in [6, 6.07) is 0. The fourth-order valence-corrected chi connectivity index (χ4v) is 3.28. The zero-order valence-corrected chi connectivity index (χ0v) is 19.4. The average molecular weight is 443 g/mol. The van der Waals surface area contributed by atoms with Crippen LogP contribution in [0.4, 0.5) is 5.82 Å². The molecule has 0 aliphatic heterocycles. The number of fused-ring (bicyclic) bond motifs is 1. The van der Waals surface area contributed by atoms with Crippen LogP contribution in [0.25, 0.3) is 11.0 Å². The van der Waals surface area contributed by atoms with Gasteiger partial charge in [0.2, 0.25) is 5.91 Å². The lowest BCUT2D eigenvalue weighted by atomic mass is 9.95. The van der Waals surface area contributed by atoms with E-state index in [1.165, 1.54) is 0 Å². The molecule has 2 heterocycles. The van der Waals surface area contributed by atoms with E-state index in [2.05, 4.69) is 34.6 Å². The number of amides is 1. The van der Waals surface area contributed by atoms with E-state index >= 15 is 0 Å². The van der Waals surface area contributed by atoms with Gasteiger partial charge in [-0.15, -0.1) is 11.6 Å². The molecule has 2 N–H and O–H groups in total. The fraction of sp³-hybridized carbons (Fsp3) is 0.684. The first-order valence-corrected chi connectivity index (χ1v) is 11.3. The summed E-state index contributed by atoms with van der Waals surface area (Å²) in [6.45, 7) is 12.7. The molecule has 10 heteroatoms. The van der Waals surface area contributed by atoms with Crippen LogP contribution in [0.2, 0.25) is 0 Å². The summed E-state index contributed by atoms with van der Waals surface area (Å²) in [5.41, 5.74) is 0.141. The van der Waals surface area contributed by atoms with E-state index in [4.69, 9.17) is 21.3 Å². The Labute approximate surface area is 181 Å². The van der Waals surface area contributed by atoms with Crippen LogP contribution in [0.3, 0.4) is 0 Å². The monoisotopic (exact) mass is 442 g/mol. The number of hydrogen-bond acceptors (Lipinski definition) is 7. The van der Waals surface area contributed by atoms with Crippen LogP contribution < -0.4 is 10.6 Å². The normalized spacial score (nSPS) is 12.0. The molecule has 0 radical (unpaired) electrons. The molecule has 2 aromatic heterocycles. The summed E-state index contributed by atoms with van der Waals surface area (Å²) in [7, 11) is 0. The third-order valence-corrected chi connectivity index (χ3v) is 5.65. The molecule has 0 fully saturated rings. The number of halogens is 1. The van der Waals surface area contributed by atoms with Gasteiger partial charge < -0.3 is 15.4 Å². The van der Waals surface area contributed by atoms with Crippen molar-refractivity contribution in [2.24, 2.45) is 5.41 Å². The minimum Gasteiger partial charge on any atom is -0.380 e. The number of carbonyl (C=O) groups is 1. The maximum Gasteiger partial charge on any atom is 0.226 e. The smallest absolute Gasteiger partial charge is 0.226 e. The molecule has 0 saturated carbocycles. The first-order chi connectivity index (χ1) is 13.8. The third kappa shape index (κ3) is 6.72. The van der Waals surface area contributed by atoms with Gasteiger partial charge >= 0.3 is 0 Å². The summed E-state index contributed by atoms with van der Waals surface area (Å²) in [5, 5.41) is 12.6. The van der Waals surface area contributed by atoms with Crippen molar-refractivity contribution in [2.75, 3.05) is 37.5 Å². The maximum atomic E-state index is 12.2. The van der Waals surface area contributed by atoms with Crippen LogP contribution in [0.15, 0.2) is 11.4 Å². The number of carbonyl (C=O) groups excluding carboxylic acids is 1. The molecule has 0 bridgehead atoms. The summed E-state index contributed by atoms with van der Waals surface area (Å²) in [6.07, 6.45) is 1.76. The zero-order chi connectivity index (χ0) is 21.4. The number of alkyl halides is 1. The van der Waals surface area contributed by atoms with Crippen molar-refractivity contribution < 1.29 is 9.53 Å². The van der Waals surface area contributed by atoms with E-state index in [0.29, 0.717) is 43.3 Å². The van der Waals surface area contributed by atoms with Gasteiger partial charge in [0, 0.05) is 30.8 Å². The molecule has 2 rings (SSSR count). The molecular formula is C19H31ClN6O2S. The first-order valence-electron chi connectivity index (χ1n) is 9.84. The van der Waals surface area contributed by atoms with Gasteiger partial charge in [-0.3, -0.25) is 4.79 Å². The number of thioether (sulfide) groups is 1. The Morgan fingerprint density at radius 1 is 1.34 bits per heavy atom. The molecule has 0 atom stereocenters. The molecule has 0 unspecified atom stereocenters. The Kier molecular flexibility index (Phi) is 8.98. The van der Waals surface area contributed by atoms with Crippen molar-refractivity contribution in [2.45, 2.75) is 51.6 Å². The van der Waals surface area contributed by atoms with Crippen molar-refractivity contribution in [3.63, 3.8) is 0 Å². The van der Waals surface area contributed by atoms with Crippen LogP contribution >= 0.6 is 23.4 Å². The number of anilines is 1. The molecule has 0 aliphatic rings. The van der Waals surface area contributed by atoms with Gasteiger partial charge in [-0.1, -0.05) is 25.6 Å². The topological polar surface area (TPSA) is 94.0 Å². The van der Waals surface area contributed by atoms with E-state index in [9.17, 15) is 4.79 Å². The van der Waals surface area contributed by atoms with Crippen molar-refractivity contribution in [3.05, 3.63) is 6.20 Å². The van der Waals surface area contributed by atoms with Crippen molar-refractivity contribution in [3.8, 4) is 0 Å². The van der Waals surface area contributed by atoms with Crippen LogP contribution in [0, 0.1) is 5.41 Å². The molecule has 29 heavy (non-hydrogen) atoms. The highest BCUT2D eigenvalue weighted by Crippen LogP contribution is 2.26. The second kappa shape index (κ2) is 11.0. The maximum absolute atomic E-state index is 12.2. The molecule has 0 aliphatic carbocycles. The van der Waals surface area contributed by atoms with Crippen molar-refractivity contribution >= 4 is 46.1 Å². The van der Waals surface area contributed by atoms with Gasteiger partial charge in [0.25, 0.3) is 0 Å². The Morgan fingerprint density at radius 3 is 2.76 bits per heavy atom. The van der Waals surface area contributed by atoms with Gasteiger partial charge in [-0.05, 0) is 20.8 Å². The Balaban J connectivity index is 2.17. The van der Waals surface area contributed by atoms with E-state index in [-0.39, 0.29) is 11.8 Å². The third-order valence-electron chi connectivity index (χ3n) is 4.12. The second-order valence-corrected chi connectivity index (χ2v) is 9.33. The van der Waals surface area contributed by atoms with Gasteiger partial charge in [-0.2, -0.15) is 5.10 Å². The van der Waals surface area contributed by atoms with Gasteiger partial charge in [0.1, 0.15) is 5.82 Å². The van der Waals surface area contributed by atoms with Crippen LogP contribution in [0.5, 0.6) is 0 Å². The van der Waals surface area contributed by atoms with Crippen LogP contribution in [-0.2, 0) is 16.1 Å². The molecule has 0 aromatic carbocycles. The Hall–Kier alpha value is -1.58. The molecule has 0 saturated heterocycles. The van der Waals surface area contributed by atoms with Gasteiger partial charge in [-0.25, -0.2) is 14.6 Å². The van der Waals surface area contributed by atoms with E-state index in [0.717, 1.165) is 16.9 Å². The summed E-state index contributed by atoms with van der Waals surface area (Å²) < 4.78 is 7.19. The van der Waals surface area contributed by atoms with Gasteiger partial charge in [0.05, 0.1) is 30.1 Å². The molecule has 162 valence electrons. The average Bonchev–Trinajstić information content (AvgIpc) is 3.07. The molecule has 1 amide bonds. The SMILES string of the molecule is CCOCCNc1nc(SC(C)C)nc2c1cnn2CCNC(=O)C(C)(C)CCl. The fourth-order valence-electron chi connectivity index (χ4n) is 2.46. The standard InChI is InChI=1S/C19H31ClN6O2S/c1-6-28-10-8-21-15-14-11-23-26(9-7-22-17(27)19(4,5)12-20)16(14)25-18(24-15)29-13(2)3/h11,13H,6-10,12H2,1-5H3,(H,22,27)(H,21,24,25). The predicted molar refractivity (Wildman–Crippen MR) is 119 cm³/mol. The highest BCUT2D eigenvalue weighted by molar-refractivity contribution is 7.99. The van der Waals surface area contributed by atoms with Crippen LogP contribution in [0.1, 0.15) is 34.6 Å². The predicted octanol–water partition coefficient (Wildman–Crippen LogP) is 3.16. The lowest BCUT2D eigenvalue weighted by Gasteiger charge is -2.20. The highest BCUT2D eigenvalue weighted by atomic mass is 35.5. The second-order valence-electron chi connectivity index (χ2n) is 7.52. The zero-order valence-electron chi connectivity index (χ0n) is 17.8. The Bertz CT molecular complexity index is 811. The molecular weight excluding hydrogens is 412 g/mol. The number of nitrogens with one attached hydrogen (secondary N) is 2. The first kappa shape index (κ1) is 23.7. The lowest BCUT2D eigenvalue weighted by Crippen LogP contribution is -2.39. The van der Waals surface area contributed by atoms with Crippen molar-refractivity contribution in [1.82, 2.24) is 25.1 Å². The van der Waals surface area contributed by atoms with Gasteiger partial charge in [0.15, 0.2) is 10.8 Å². The number of hydrogen-bond donors (Lipinski definition) is 2. The number of ether oxygens (including phenoxy) is 1. The number of rotatable bonds is 12. The Morgan fingerprint density at radius 2 is 2.10 bits per heavy atom. The minimum atomic E-state index is -0.603. The van der Waals surface area contributed by atoms with E-state index < -0.39 is 5.41 Å². The lowest BCUT2D eigenvalue weighted by molar-refractivity contribution is -0.128. The number of aromatic nitrogens is 4. The molecule has 8 nitrogen and oxygen atoms in total. The van der Waals surface area contributed by atoms with Crippen LogP contribution in [-0.4, -0.2) is 63.1 Å². The van der Waals surface area contributed by atoms with E-state index in [1.807, 2.05) is 20.8 Å². The number of nitrogens with zero attached hydrogens (tertiary/aromatic N) is 4. The molecule has 2 aromatic rings. The quantitative estimate of drug-likeness (QED) is 0.225. The largest absolute Gasteiger partial charge is 0.380 e. The molecule has 0 spiro atoms. The summed E-state index contributed by atoms with van der Waals surface area (Å²) in [5.74, 6) is 0.938.